The molecule has 4 rings (SSSR count). The first kappa shape index (κ1) is 26.1. The summed E-state index contributed by atoms with van der Waals surface area (Å²) in [5.74, 6) is -0.488. The van der Waals surface area contributed by atoms with Crippen LogP contribution in [0, 0.1) is 12.0 Å². The van der Waals surface area contributed by atoms with Crippen molar-refractivity contribution in [1.29, 1.82) is 0 Å². The van der Waals surface area contributed by atoms with Crippen LogP contribution in [0.5, 0.6) is 0 Å². The highest BCUT2D eigenvalue weighted by Gasteiger charge is 2.32. The number of benzene rings is 2. The van der Waals surface area contributed by atoms with E-state index in [1.807, 2.05) is 6.07 Å². The molecule has 1 atom stereocenters. The Morgan fingerprint density at radius 1 is 1.28 bits per heavy atom. The van der Waals surface area contributed by atoms with Crippen molar-refractivity contribution in [3.05, 3.63) is 53.1 Å². The van der Waals surface area contributed by atoms with Gasteiger partial charge >= 0.3 is 6.18 Å². The number of alkyl halides is 3. The van der Waals surface area contributed by atoms with Crippen LogP contribution in [0.25, 0.3) is 10.2 Å². The fraction of sp³-hybridized carbons (Fsp3) is 0.400. The van der Waals surface area contributed by atoms with Gasteiger partial charge < -0.3 is 15.4 Å². The molecule has 0 bridgehead atoms. The summed E-state index contributed by atoms with van der Waals surface area (Å²) in [6, 6.07) is 9.08. The summed E-state index contributed by atoms with van der Waals surface area (Å²) in [6.45, 7) is 8.27. The normalized spacial score (nSPS) is 16.9. The Labute approximate surface area is 210 Å². The minimum Gasteiger partial charge on any atom is -0.371 e. The number of morpholine rings is 1. The van der Waals surface area contributed by atoms with E-state index in [2.05, 4.69) is 40.4 Å². The molecule has 2 aromatic carbocycles. The van der Waals surface area contributed by atoms with Gasteiger partial charge in [-0.3, -0.25) is 14.5 Å². The Balaban J connectivity index is 1.74. The summed E-state index contributed by atoms with van der Waals surface area (Å²) >= 11 is 1.20. The number of rotatable bonds is 6. The van der Waals surface area contributed by atoms with Crippen molar-refractivity contribution in [3.63, 3.8) is 0 Å². The van der Waals surface area contributed by atoms with E-state index >= 15 is 0 Å². The average molecular weight is 520 g/mol. The van der Waals surface area contributed by atoms with Gasteiger partial charge in [0, 0.05) is 38.3 Å². The Kier molecular flexibility index (Phi) is 7.62. The lowest BCUT2D eigenvalue weighted by atomic mass is 9.98. The predicted molar refractivity (Wildman–Crippen MR) is 132 cm³/mol. The molecular formula is C25H26F3N4O3S. The lowest BCUT2D eigenvalue weighted by Gasteiger charge is -2.34. The summed E-state index contributed by atoms with van der Waals surface area (Å²) in [5.41, 5.74) is 0.121. The van der Waals surface area contributed by atoms with Crippen LogP contribution in [0.15, 0.2) is 30.3 Å². The molecule has 1 radical (unpaired) electrons. The van der Waals surface area contributed by atoms with Crippen LogP contribution in [0.2, 0.25) is 0 Å². The van der Waals surface area contributed by atoms with E-state index < -0.39 is 23.8 Å². The second kappa shape index (κ2) is 10.5. The highest BCUT2D eigenvalue weighted by molar-refractivity contribution is 7.22. The number of amides is 2. The number of anilines is 2. The summed E-state index contributed by atoms with van der Waals surface area (Å²) in [5, 5.41) is 5.50. The molecule has 2 N–H and O–H groups in total. The summed E-state index contributed by atoms with van der Waals surface area (Å²) in [4.78, 5) is 31.8. The van der Waals surface area contributed by atoms with Gasteiger partial charge in [-0.1, -0.05) is 37.3 Å². The maximum Gasteiger partial charge on any atom is 0.416 e. The molecule has 3 aromatic rings. The third kappa shape index (κ3) is 6.03. The lowest BCUT2D eigenvalue weighted by Crippen LogP contribution is -2.40. The molecule has 7 nitrogen and oxygen atoms in total. The fourth-order valence-corrected chi connectivity index (χ4v) is 5.11. The molecule has 1 aliphatic heterocycles. The van der Waals surface area contributed by atoms with E-state index in [1.54, 1.807) is 6.07 Å². The number of nitrogens with zero attached hydrogens (tertiary/aromatic N) is 2. The second-order valence-corrected chi connectivity index (χ2v) is 10.1. The third-order valence-corrected chi connectivity index (χ3v) is 6.54. The Morgan fingerprint density at radius 3 is 2.75 bits per heavy atom. The van der Waals surface area contributed by atoms with Crippen molar-refractivity contribution in [1.82, 2.24) is 9.88 Å². The number of aromatic nitrogens is 1. The number of nitrogens with one attached hydrogen (secondary N) is 2. The highest BCUT2D eigenvalue weighted by Crippen LogP contribution is 2.36. The molecule has 1 fully saturated rings. The Bertz CT molecular complexity index is 1280. The van der Waals surface area contributed by atoms with Gasteiger partial charge in [-0.05, 0) is 29.7 Å². The second-order valence-electron chi connectivity index (χ2n) is 9.03. The SMILES string of the molecule is CC(=O)Nc1nc2c(C(=O)Nc3[c]ccc(C(F)(F)F)c3)c(C3CN(CC(C)C)CCO3)ccc2s1. The molecule has 0 aliphatic carbocycles. The smallest absolute Gasteiger partial charge is 0.371 e. The van der Waals surface area contributed by atoms with Gasteiger partial charge in [-0.2, -0.15) is 13.2 Å². The topological polar surface area (TPSA) is 83.6 Å². The molecule has 1 aromatic heterocycles. The number of hydrogen-bond acceptors (Lipinski definition) is 6. The maximum absolute atomic E-state index is 13.5. The fourth-order valence-electron chi connectivity index (χ4n) is 4.19. The molecule has 191 valence electrons. The zero-order valence-electron chi connectivity index (χ0n) is 20.0. The number of thiazole rings is 1. The van der Waals surface area contributed by atoms with Crippen LogP contribution in [-0.4, -0.2) is 47.9 Å². The van der Waals surface area contributed by atoms with E-state index in [1.165, 1.54) is 18.3 Å². The molecule has 1 unspecified atom stereocenters. The largest absolute Gasteiger partial charge is 0.416 e. The van der Waals surface area contributed by atoms with Gasteiger partial charge in [0.2, 0.25) is 5.91 Å². The average Bonchev–Trinajstić information content (AvgIpc) is 3.19. The standard InChI is InChI=1S/C25H26F3N4O3S/c1-14(2)12-32-9-10-35-19(13-32)18-7-8-20-22(31-24(36-20)29-15(3)33)21(18)23(34)30-17-6-4-5-16(11-17)25(26,27)28/h4-5,7-8,11,14,19H,9-10,12-13H2,1-3H3,(H,30,34)(H,29,31,33). The third-order valence-electron chi connectivity index (χ3n) is 5.60. The number of ether oxygens (including phenoxy) is 1. The van der Waals surface area contributed by atoms with Crippen LogP contribution < -0.4 is 10.6 Å². The molecule has 2 amide bonds. The number of halogens is 3. The van der Waals surface area contributed by atoms with Crippen molar-refractivity contribution >= 4 is 44.2 Å². The maximum atomic E-state index is 13.5. The van der Waals surface area contributed by atoms with Crippen molar-refractivity contribution in [2.75, 3.05) is 36.9 Å². The van der Waals surface area contributed by atoms with Crippen molar-refractivity contribution < 1.29 is 27.5 Å². The number of carbonyl (C=O) groups excluding carboxylic acids is 2. The van der Waals surface area contributed by atoms with Crippen LogP contribution >= 0.6 is 11.3 Å². The quantitative estimate of drug-likeness (QED) is 0.459. The molecule has 0 spiro atoms. The van der Waals surface area contributed by atoms with E-state index in [-0.39, 0.29) is 17.2 Å². The van der Waals surface area contributed by atoms with Gasteiger partial charge in [0.15, 0.2) is 5.13 Å². The van der Waals surface area contributed by atoms with E-state index in [0.29, 0.717) is 40.0 Å². The van der Waals surface area contributed by atoms with Crippen molar-refractivity contribution in [2.24, 2.45) is 5.92 Å². The minimum atomic E-state index is -4.56. The Hall–Kier alpha value is -3.02. The first-order valence-corrected chi connectivity index (χ1v) is 12.3. The molecule has 36 heavy (non-hydrogen) atoms. The van der Waals surface area contributed by atoms with Crippen LogP contribution in [0.3, 0.4) is 0 Å². The summed E-state index contributed by atoms with van der Waals surface area (Å²) < 4.78 is 46.2. The highest BCUT2D eigenvalue weighted by atomic mass is 32.1. The van der Waals surface area contributed by atoms with Gasteiger partial charge in [0.1, 0.15) is 0 Å². The molecule has 11 heteroatoms. The monoisotopic (exact) mass is 519 g/mol. The van der Waals surface area contributed by atoms with Gasteiger partial charge in [0.25, 0.3) is 5.91 Å². The van der Waals surface area contributed by atoms with Gasteiger partial charge in [-0.15, -0.1) is 0 Å². The number of hydrogen-bond donors (Lipinski definition) is 2. The van der Waals surface area contributed by atoms with E-state index in [4.69, 9.17) is 4.74 Å². The van der Waals surface area contributed by atoms with Gasteiger partial charge in [-0.25, -0.2) is 4.98 Å². The first-order valence-electron chi connectivity index (χ1n) is 11.5. The van der Waals surface area contributed by atoms with Gasteiger partial charge in [0.05, 0.1) is 34.1 Å². The number of fused-ring (bicyclic) bond motifs is 1. The Morgan fingerprint density at radius 2 is 2.06 bits per heavy atom. The zero-order valence-corrected chi connectivity index (χ0v) is 20.8. The predicted octanol–water partition coefficient (Wildman–Crippen LogP) is 5.36. The van der Waals surface area contributed by atoms with Crippen LogP contribution in [0.4, 0.5) is 24.0 Å². The van der Waals surface area contributed by atoms with Crippen molar-refractivity contribution in [3.8, 4) is 0 Å². The van der Waals surface area contributed by atoms with E-state index in [0.717, 1.165) is 31.3 Å². The zero-order chi connectivity index (χ0) is 26.0. The number of carbonyl (C=O) groups is 2. The molecule has 1 saturated heterocycles. The molecular weight excluding hydrogens is 493 g/mol. The van der Waals surface area contributed by atoms with E-state index in [9.17, 15) is 22.8 Å². The first-order chi connectivity index (χ1) is 17.0. The van der Waals surface area contributed by atoms with Crippen LogP contribution in [-0.2, 0) is 15.7 Å². The summed E-state index contributed by atoms with van der Waals surface area (Å²) in [6.07, 6.45) is -4.99. The molecule has 0 saturated carbocycles. The molecule has 2 heterocycles. The van der Waals surface area contributed by atoms with Crippen molar-refractivity contribution in [2.45, 2.75) is 33.1 Å². The summed E-state index contributed by atoms with van der Waals surface area (Å²) in [7, 11) is 0. The molecule has 1 aliphatic rings. The lowest BCUT2D eigenvalue weighted by molar-refractivity contribution is -0.137. The minimum absolute atomic E-state index is 0.110. The van der Waals surface area contributed by atoms with Crippen LogP contribution in [0.1, 0.15) is 48.4 Å².